The second-order valence-corrected chi connectivity index (χ2v) is 6.17. The highest BCUT2D eigenvalue weighted by molar-refractivity contribution is 6.33. The monoisotopic (exact) mass is 281 g/mol. The number of nitrogens with two attached hydrogens (primary N) is 1. The van der Waals surface area contributed by atoms with Gasteiger partial charge in [-0.3, -0.25) is 0 Å². The van der Waals surface area contributed by atoms with E-state index in [1.165, 1.54) is 36.8 Å². The van der Waals surface area contributed by atoms with E-state index in [1.807, 2.05) is 0 Å². The van der Waals surface area contributed by atoms with E-state index in [0.717, 1.165) is 21.9 Å². The van der Waals surface area contributed by atoms with E-state index in [2.05, 4.69) is 20.8 Å². The van der Waals surface area contributed by atoms with Crippen molar-refractivity contribution in [3.05, 3.63) is 27.3 Å². The number of benzene rings is 1. The zero-order chi connectivity index (χ0) is 14.2. The number of hydrogen-bond donors (Lipinski definition) is 1. The van der Waals surface area contributed by atoms with Gasteiger partial charge in [0.1, 0.15) is 5.75 Å². The average Bonchev–Trinajstić information content (AvgIpc) is 2.87. The molecule has 0 aliphatic heterocycles. The standard InChI is InChI=1S/C16H24ClNO/c1-10-11(2)15(19-4)14(17)12(3)13(10)16(9-18)7-5-6-8-16/h5-9,18H2,1-4H3. The quantitative estimate of drug-likeness (QED) is 0.907. The minimum absolute atomic E-state index is 0.120. The van der Waals surface area contributed by atoms with Crippen molar-refractivity contribution in [1.82, 2.24) is 0 Å². The number of ether oxygens (including phenoxy) is 1. The van der Waals surface area contributed by atoms with Crippen molar-refractivity contribution in [3.63, 3.8) is 0 Å². The van der Waals surface area contributed by atoms with E-state index < -0.39 is 0 Å². The lowest BCUT2D eigenvalue weighted by molar-refractivity contribution is 0.407. The smallest absolute Gasteiger partial charge is 0.140 e. The van der Waals surface area contributed by atoms with Crippen LogP contribution in [0.3, 0.4) is 0 Å². The van der Waals surface area contributed by atoms with Crippen LogP contribution in [0, 0.1) is 20.8 Å². The molecule has 0 saturated heterocycles. The Labute approximate surface area is 121 Å². The van der Waals surface area contributed by atoms with Gasteiger partial charge in [0.25, 0.3) is 0 Å². The van der Waals surface area contributed by atoms with Crippen LogP contribution in [0.2, 0.25) is 5.02 Å². The summed E-state index contributed by atoms with van der Waals surface area (Å²) in [6, 6.07) is 0. The molecule has 0 amide bonds. The van der Waals surface area contributed by atoms with Crippen molar-refractivity contribution in [3.8, 4) is 5.75 Å². The summed E-state index contributed by atoms with van der Waals surface area (Å²) in [6.45, 7) is 7.06. The summed E-state index contributed by atoms with van der Waals surface area (Å²) >= 11 is 6.51. The highest BCUT2D eigenvalue weighted by atomic mass is 35.5. The predicted octanol–water partition coefficient (Wildman–Crippen LogP) is 4.04. The van der Waals surface area contributed by atoms with Gasteiger partial charge in [0, 0.05) is 12.0 Å². The van der Waals surface area contributed by atoms with E-state index in [1.54, 1.807) is 7.11 Å². The Hall–Kier alpha value is -0.730. The highest BCUT2D eigenvalue weighted by Crippen LogP contribution is 2.47. The fourth-order valence-corrected chi connectivity index (χ4v) is 4.04. The summed E-state index contributed by atoms with van der Waals surface area (Å²) in [4.78, 5) is 0. The topological polar surface area (TPSA) is 35.2 Å². The fraction of sp³-hybridized carbons (Fsp3) is 0.625. The Bertz CT molecular complexity index is 461. The van der Waals surface area contributed by atoms with Crippen LogP contribution in [-0.2, 0) is 5.41 Å². The maximum absolute atomic E-state index is 6.51. The van der Waals surface area contributed by atoms with E-state index in [4.69, 9.17) is 22.1 Å². The first-order valence-corrected chi connectivity index (χ1v) is 7.40. The minimum Gasteiger partial charge on any atom is -0.495 e. The van der Waals surface area contributed by atoms with Gasteiger partial charge in [-0.1, -0.05) is 24.4 Å². The molecule has 1 aromatic rings. The van der Waals surface area contributed by atoms with E-state index in [0.29, 0.717) is 6.54 Å². The first-order chi connectivity index (χ1) is 8.98. The lowest BCUT2D eigenvalue weighted by Gasteiger charge is -2.33. The van der Waals surface area contributed by atoms with Gasteiger partial charge < -0.3 is 10.5 Å². The SMILES string of the molecule is COc1c(C)c(C)c(C2(CN)CCCC2)c(C)c1Cl. The van der Waals surface area contributed by atoms with Crippen LogP contribution in [0.5, 0.6) is 5.75 Å². The second-order valence-electron chi connectivity index (χ2n) is 5.79. The first-order valence-electron chi connectivity index (χ1n) is 7.02. The van der Waals surface area contributed by atoms with Crippen LogP contribution in [-0.4, -0.2) is 13.7 Å². The van der Waals surface area contributed by atoms with Gasteiger partial charge in [0.05, 0.1) is 12.1 Å². The molecule has 106 valence electrons. The molecule has 0 unspecified atom stereocenters. The van der Waals surface area contributed by atoms with E-state index in [-0.39, 0.29) is 5.41 Å². The molecule has 1 aliphatic carbocycles. The summed E-state index contributed by atoms with van der Waals surface area (Å²) in [5.41, 5.74) is 11.2. The Morgan fingerprint density at radius 3 is 2.16 bits per heavy atom. The van der Waals surface area contributed by atoms with Gasteiger partial charge in [0.2, 0.25) is 0 Å². The molecule has 0 heterocycles. The average molecular weight is 282 g/mol. The molecule has 0 spiro atoms. The van der Waals surface area contributed by atoms with Crippen molar-refractivity contribution in [1.29, 1.82) is 0 Å². The zero-order valence-electron chi connectivity index (χ0n) is 12.4. The lowest BCUT2D eigenvalue weighted by Crippen LogP contribution is -2.34. The summed E-state index contributed by atoms with van der Waals surface area (Å²) in [6.07, 6.45) is 4.87. The largest absolute Gasteiger partial charge is 0.495 e. The molecule has 2 N–H and O–H groups in total. The predicted molar refractivity (Wildman–Crippen MR) is 81.4 cm³/mol. The molecule has 1 aromatic carbocycles. The van der Waals surface area contributed by atoms with Crippen molar-refractivity contribution in [2.75, 3.05) is 13.7 Å². The molecule has 0 radical (unpaired) electrons. The summed E-state index contributed by atoms with van der Waals surface area (Å²) < 4.78 is 5.46. The van der Waals surface area contributed by atoms with Crippen LogP contribution < -0.4 is 10.5 Å². The molecule has 2 rings (SSSR count). The molecular formula is C16H24ClNO. The van der Waals surface area contributed by atoms with Crippen molar-refractivity contribution >= 4 is 11.6 Å². The van der Waals surface area contributed by atoms with Gasteiger partial charge in [-0.15, -0.1) is 0 Å². The van der Waals surface area contributed by atoms with Gasteiger partial charge in [-0.25, -0.2) is 0 Å². The normalized spacial score (nSPS) is 17.8. The number of hydrogen-bond acceptors (Lipinski definition) is 2. The third kappa shape index (κ3) is 2.15. The molecule has 1 aliphatic rings. The first kappa shape index (κ1) is 14.7. The van der Waals surface area contributed by atoms with E-state index in [9.17, 15) is 0 Å². The van der Waals surface area contributed by atoms with Crippen LogP contribution in [0.25, 0.3) is 0 Å². The van der Waals surface area contributed by atoms with Crippen LogP contribution >= 0.6 is 11.6 Å². The molecule has 0 atom stereocenters. The minimum atomic E-state index is 0.120. The molecule has 3 heteroatoms. The lowest BCUT2D eigenvalue weighted by atomic mass is 9.74. The van der Waals surface area contributed by atoms with Gasteiger partial charge in [-0.05, 0) is 55.9 Å². The van der Waals surface area contributed by atoms with Crippen LogP contribution in [0.15, 0.2) is 0 Å². The second kappa shape index (κ2) is 5.34. The number of halogens is 1. The zero-order valence-corrected chi connectivity index (χ0v) is 13.2. The molecule has 0 aromatic heterocycles. The summed E-state index contributed by atoms with van der Waals surface area (Å²) in [7, 11) is 1.68. The fourth-order valence-electron chi connectivity index (χ4n) is 3.73. The van der Waals surface area contributed by atoms with Crippen LogP contribution in [0.4, 0.5) is 0 Å². The van der Waals surface area contributed by atoms with Gasteiger partial charge in [0.15, 0.2) is 0 Å². The molecule has 2 nitrogen and oxygen atoms in total. The summed E-state index contributed by atoms with van der Waals surface area (Å²) in [5.74, 6) is 0.811. The van der Waals surface area contributed by atoms with Crippen molar-refractivity contribution in [2.45, 2.75) is 51.9 Å². The van der Waals surface area contributed by atoms with Crippen molar-refractivity contribution < 1.29 is 4.74 Å². The maximum Gasteiger partial charge on any atom is 0.140 e. The third-order valence-corrected chi connectivity index (χ3v) is 5.32. The summed E-state index contributed by atoms with van der Waals surface area (Å²) in [5, 5.41) is 0.750. The molecule has 0 bridgehead atoms. The Morgan fingerprint density at radius 1 is 1.11 bits per heavy atom. The van der Waals surface area contributed by atoms with Crippen molar-refractivity contribution in [2.24, 2.45) is 5.73 Å². The highest BCUT2D eigenvalue weighted by Gasteiger charge is 2.38. The van der Waals surface area contributed by atoms with Gasteiger partial charge in [-0.2, -0.15) is 0 Å². The van der Waals surface area contributed by atoms with E-state index >= 15 is 0 Å². The molecule has 1 fully saturated rings. The molecular weight excluding hydrogens is 258 g/mol. The maximum atomic E-state index is 6.51. The van der Waals surface area contributed by atoms with Crippen LogP contribution in [0.1, 0.15) is 47.9 Å². The molecule has 1 saturated carbocycles. The number of methoxy groups -OCH3 is 1. The third-order valence-electron chi connectivity index (χ3n) is 4.87. The number of rotatable bonds is 3. The Kier molecular flexibility index (Phi) is 4.12. The Balaban J connectivity index is 2.70. The molecule has 19 heavy (non-hydrogen) atoms. The van der Waals surface area contributed by atoms with Gasteiger partial charge >= 0.3 is 0 Å². The Morgan fingerprint density at radius 2 is 1.68 bits per heavy atom.